The Balaban J connectivity index is 1.90. The predicted octanol–water partition coefficient (Wildman–Crippen LogP) is 6.10. The van der Waals surface area contributed by atoms with Gasteiger partial charge in [0, 0.05) is 28.2 Å². The molecule has 7 heteroatoms. The van der Waals surface area contributed by atoms with E-state index in [1.54, 1.807) is 32.5 Å². The lowest BCUT2D eigenvalue weighted by Crippen LogP contribution is -2.45. The first-order valence-electron chi connectivity index (χ1n) is 14.1. The number of Topliss-reactive ketones (excluding diaryl/α,β-unsaturated/α-hetero) is 1. The van der Waals surface area contributed by atoms with Crippen molar-refractivity contribution in [3.63, 3.8) is 0 Å². The van der Waals surface area contributed by atoms with Crippen LogP contribution in [0.3, 0.4) is 0 Å². The second kappa shape index (κ2) is 12.6. The topological polar surface area (TPSA) is 110 Å². The Hall–Kier alpha value is -1.83. The number of carbonyl (C=O) groups is 2. The van der Waals surface area contributed by atoms with E-state index >= 15 is 0 Å². The number of ketones is 1. The number of carbonyl (C=O) groups excluding carboxylic acids is 2. The summed E-state index contributed by atoms with van der Waals surface area (Å²) >= 11 is 1.73. The van der Waals surface area contributed by atoms with Crippen molar-refractivity contribution in [3.8, 4) is 0 Å². The molecule has 3 unspecified atom stereocenters. The average molecular weight is 546 g/mol. The molecule has 1 aliphatic carbocycles. The minimum atomic E-state index is -1.23. The maximum Gasteiger partial charge on any atom is 0.309 e. The zero-order valence-corrected chi connectivity index (χ0v) is 24.9. The van der Waals surface area contributed by atoms with Gasteiger partial charge in [-0.3, -0.25) is 9.59 Å². The minimum absolute atomic E-state index is 0.0138. The highest BCUT2D eigenvalue weighted by Gasteiger charge is 2.47. The molecule has 1 aliphatic heterocycles. The average Bonchev–Trinajstić information content (AvgIpc) is 3.63. The minimum Gasteiger partial charge on any atom is -0.457 e. The molecule has 1 heterocycles. The van der Waals surface area contributed by atoms with Crippen LogP contribution in [0.4, 0.5) is 5.69 Å². The fraction of sp³-hybridized carbons (Fsp3) is 0.677. The number of ether oxygens (including phenoxy) is 1. The first-order valence-corrected chi connectivity index (χ1v) is 15.0. The summed E-state index contributed by atoms with van der Waals surface area (Å²) in [5.41, 5.74) is 7.88. The predicted molar refractivity (Wildman–Crippen MR) is 154 cm³/mol. The molecular weight excluding hydrogens is 498 g/mol. The van der Waals surface area contributed by atoms with Gasteiger partial charge in [-0.2, -0.15) is 0 Å². The number of hydrogen-bond acceptors (Lipinski definition) is 7. The Morgan fingerprint density at radius 3 is 2.50 bits per heavy atom. The Kier molecular flexibility index (Phi) is 10.2. The molecule has 1 saturated carbocycles. The molecule has 4 N–H and O–H groups in total. The van der Waals surface area contributed by atoms with Crippen molar-refractivity contribution in [2.45, 2.75) is 109 Å². The summed E-state index contributed by atoms with van der Waals surface area (Å²) in [5, 5.41) is 22.4. The largest absolute Gasteiger partial charge is 0.457 e. The van der Waals surface area contributed by atoms with Crippen molar-refractivity contribution in [1.82, 2.24) is 0 Å². The lowest BCUT2D eigenvalue weighted by Gasteiger charge is -2.34. The van der Waals surface area contributed by atoms with Gasteiger partial charge in [0.05, 0.1) is 24.0 Å². The molecule has 6 nitrogen and oxygen atoms in total. The molecular formula is C31H47NO5S. The van der Waals surface area contributed by atoms with Crippen molar-refractivity contribution >= 4 is 29.2 Å². The number of rotatable bonds is 4. The SMILES string of the molecule is CCC(C)Sc1ccc([C@@H]2C/C=C(/C)CC3CC3[C@H](C)[C@H](O)[C@@H](C)C(=O)C(C)(C)[C@@H](O)CC(=O)O2)cc1N. The smallest absolute Gasteiger partial charge is 0.309 e. The Morgan fingerprint density at radius 2 is 1.87 bits per heavy atom. The monoisotopic (exact) mass is 545 g/mol. The van der Waals surface area contributed by atoms with Crippen LogP contribution in [-0.4, -0.2) is 39.4 Å². The van der Waals surface area contributed by atoms with Gasteiger partial charge < -0.3 is 20.7 Å². The number of benzene rings is 1. The van der Waals surface area contributed by atoms with E-state index in [0.29, 0.717) is 29.2 Å². The van der Waals surface area contributed by atoms with Crippen LogP contribution in [0.1, 0.15) is 92.2 Å². The van der Waals surface area contributed by atoms with E-state index in [4.69, 9.17) is 10.5 Å². The van der Waals surface area contributed by atoms with Crippen molar-refractivity contribution in [2.75, 3.05) is 5.73 Å². The number of aliphatic hydroxyl groups is 2. The lowest BCUT2D eigenvalue weighted by atomic mass is 9.72. The third-order valence-corrected chi connectivity index (χ3v) is 10.2. The second-order valence-electron chi connectivity index (χ2n) is 12.2. The Morgan fingerprint density at radius 1 is 1.18 bits per heavy atom. The van der Waals surface area contributed by atoms with E-state index in [0.717, 1.165) is 29.7 Å². The van der Waals surface area contributed by atoms with Gasteiger partial charge in [0.2, 0.25) is 0 Å². The van der Waals surface area contributed by atoms with Crippen LogP contribution in [0.25, 0.3) is 0 Å². The molecule has 0 bridgehead atoms. The van der Waals surface area contributed by atoms with Crippen LogP contribution in [0.5, 0.6) is 0 Å². The number of allylic oxidation sites excluding steroid dienone is 1. The third kappa shape index (κ3) is 7.22. The van der Waals surface area contributed by atoms with Crippen LogP contribution in [-0.2, 0) is 14.3 Å². The zero-order valence-electron chi connectivity index (χ0n) is 24.1. The van der Waals surface area contributed by atoms with Gasteiger partial charge in [0.15, 0.2) is 0 Å². The Labute approximate surface area is 232 Å². The van der Waals surface area contributed by atoms with Crippen molar-refractivity contribution in [1.29, 1.82) is 0 Å². The van der Waals surface area contributed by atoms with Gasteiger partial charge in [-0.25, -0.2) is 0 Å². The first-order chi connectivity index (χ1) is 17.8. The van der Waals surface area contributed by atoms with Crippen LogP contribution < -0.4 is 5.73 Å². The number of nitrogen functional groups attached to an aromatic ring is 1. The van der Waals surface area contributed by atoms with Crippen molar-refractivity contribution in [2.24, 2.45) is 29.1 Å². The summed E-state index contributed by atoms with van der Waals surface area (Å²) in [5.74, 6) is -0.621. The molecule has 0 aromatic heterocycles. The first kappa shape index (κ1) is 30.7. The van der Waals surface area contributed by atoms with E-state index in [9.17, 15) is 19.8 Å². The zero-order chi connectivity index (χ0) is 28.4. The molecule has 2 aliphatic rings. The second-order valence-corrected chi connectivity index (χ2v) is 13.7. The maximum atomic E-state index is 13.4. The number of aliphatic hydroxyl groups excluding tert-OH is 2. The highest BCUT2D eigenvalue weighted by atomic mass is 32.2. The molecule has 1 aromatic rings. The van der Waals surface area contributed by atoms with Crippen LogP contribution in [0.15, 0.2) is 34.7 Å². The number of fused-ring (bicyclic) bond motifs is 1. The molecule has 3 rings (SSSR count). The summed E-state index contributed by atoms with van der Waals surface area (Å²) in [7, 11) is 0. The summed E-state index contributed by atoms with van der Waals surface area (Å²) in [6.45, 7) is 13.4. The number of thioether (sulfide) groups is 1. The molecule has 0 radical (unpaired) electrons. The van der Waals surface area contributed by atoms with Crippen molar-refractivity contribution in [3.05, 3.63) is 35.4 Å². The lowest BCUT2D eigenvalue weighted by molar-refractivity contribution is -0.155. The Bertz CT molecular complexity index is 1040. The van der Waals surface area contributed by atoms with Crippen LogP contribution >= 0.6 is 11.8 Å². The van der Waals surface area contributed by atoms with E-state index in [2.05, 4.69) is 26.8 Å². The van der Waals surface area contributed by atoms with Crippen molar-refractivity contribution < 1.29 is 24.5 Å². The number of nitrogens with two attached hydrogens (primary N) is 1. The van der Waals surface area contributed by atoms with Gasteiger partial charge >= 0.3 is 5.97 Å². The summed E-state index contributed by atoms with van der Waals surface area (Å²) < 4.78 is 5.92. The highest BCUT2D eigenvalue weighted by Crippen LogP contribution is 2.50. The molecule has 38 heavy (non-hydrogen) atoms. The van der Waals surface area contributed by atoms with Crippen LogP contribution in [0.2, 0.25) is 0 Å². The molecule has 0 saturated heterocycles. The molecule has 1 fully saturated rings. The van der Waals surface area contributed by atoms with Gasteiger partial charge in [0.1, 0.15) is 11.9 Å². The molecule has 1 aromatic carbocycles. The third-order valence-electron chi connectivity index (χ3n) is 8.79. The maximum absolute atomic E-state index is 13.4. The fourth-order valence-electron chi connectivity index (χ4n) is 5.62. The molecule has 8 atom stereocenters. The standard InChI is InChI=1S/C31H47NO5S/c1-8-18(3)38-26-12-10-21(15-24(26)32)25-11-9-17(2)13-22-14-23(22)19(4)29(35)20(5)30(36)31(6,7)27(33)16-28(34)37-25/h9-10,12,15,18-20,22-23,25,27,29,33,35H,8,11,13-14,16,32H2,1-7H3/b17-9-/t18?,19-,20+,22?,23?,25-,27-,29-/m0/s1. The summed E-state index contributed by atoms with van der Waals surface area (Å²) in [4.78, 5) is 27.4. The number of hydrogen-bond donors (Lipinski definition) is 3. The van der Waals surface area contributed by atoms with E-state index in [-0.39, 0.29) is 18.1 Å². The number of esters is 1. The van der Waals surface area contributed by atoms with Crippen LogP contribution in [0, 0.1) is 29.1 Å². The summed E-state index contributed by atoms with van der Waals surface area (Å²) in [6.07, 6.45) is 2.74. The number of anilines is 1. The quantitative estimate of drug-likeness (QED) is 0.181. The van der Waals surface area contributed by atoms with E-state index < -0.39 is 35.6 Å². The van der Waals surface area contributed by atoms with Gasteiger partial charge in [-0.05, 0) is 61.6 Å². The number of cyclic esters (lactones) is 1. The fourth-order valence-corrected chi connectivity index (χ4v) is 6.56. The molecule has 0 amide bonds. The van der Waals surface area contributed by atoms with E-state index in [1.807, 2.05) is 25.1 Å². The normalized spacial score (nSPS) is 35.0. The van der Waals surface area contributed by atoms with E-state index in [1.165, 1.54) is 5.57 Å². The molecule has 212 valence electrons. The van der Waals surface area contributed by atoms with Gasteiger partial charge in [0.25, 0.3) is 0 Å². The molecule has 0 spiro atoms. The van der Waals surface area contributed by atoms with Gasteiger partial charge in [-0.1, -0.05) is 59.3 Å². The van der Waals surface area contributed by atoms with Gasteiger partial charge in [-0.15, -0.1) is 11.8 Å². The highest BCUT2D eigenvalue weighted by molar-refractivity contribution is 8.00. The summed E-state index contributed by atoms with van der Waals surface area (Å²) in [6, 6.07) is 5.84.